The van der Waals surface area contributed by atoms with Crippen LogP contribution < -0.4 is 0 Å². The number of aliphatic hydroxyl groups excluding tert-OH is 1. The minimum atomic E-state index is 0.0918. The van der Waals surface area contributed by atoms with E-state index in [1.807, 2.05) is 12.1 Å². The summed E-state index contributed by atoms with van der Waals surface area (Å²) in [4.78, 5) is 4.66. The number of benzene rings is 1. The standard InChI is InChI=1S/C13H16N2O/c1-9-4-5-15-12-3-2-10(8-16)7-11(12)14-13(15)6-9/h2-3,7,9,16H,4-6,8H2,1H3. The molecule has 0 saturated heterocycles. The number of imidazole rings is 1. The molecule has 2 heterocycles. The third kappa shape index (κ3) is 1.43. The number of fused-ring (bicyclic) bond motifs is 3. The Kier molecular flexibility index (Phi) is 2.21. The van der Waals surface area contributed by atoms with Gasteiger partial charge >= 0.3 is 0 Å². The Hall–Kier alpha value is -1.35. The number of aromatic nitrogens is 2. The number of hydrogen-bond donors (Lipinski definition) is 1. The molecule has 1 unspecified atom stereocenters. The monoisotopic (exact) mass is 216 g/mol. The van der Waals surface area contributed by atoms with Gasteiger partial charge in [-0.05, 0) is 30.0 Å². The number of aryl methyl sites for hydroxylation is 1. The Morgan fingerprint density at radius 3 is 3.19 bits per heavy atom. The topological polar surface area (TPSA) is 38.0 Å². The predicted molar refractivity (Wildman–Crippen MR) is 63.1 cm³/mol. The van der Waals surface area contributed by atoms with E-state index < -0.39 is 0 Å². The zero-order valence-electron chi connectivity index (χ0n) is 9.48. The van der Waals surface area contributed by atoms with Crippen LogP contribution in [0.4, 0.5) is 0 Å². The fraction of sp³-hybridized carbons (Fsp3) is 0.462. The predicted octanol–water partition coefficient (Wildman–Crippen LogP) is 2.11. The average molecular weight is 216 g/mol. The summed E-state index contributed by atoms with van der Waals surface area (Å²) in [6, 6.07) is 6.05. The maximum absolute atomic E-state index is 9.11. The Labute approximate surface area is 94.7 Å². The summed E-state index contributed by atoms with van der Waals surface area (Å²) in [7, 11) is 0. The average Bonchev–Trinajstić information content (AvgIpc) is 2.64. The van der Waals surface area contributed by atoms with Crippen molar-refractivity contribution >= 4 is 11.0 Å². The van der Waals surface area contributed by atoms with Gasteiger partial charge in [-0.2, -0.15) is 0 Å². The fourth-order valence-corrected chi connectivity index (χ4v) is 2.49. The maximum Gasteiger partial charge on any atom is 0.110 e. The van der Waals surface area contributed by atoms with Gasteiger partial charge in [0.25, 0.3) is 0 Å². The summed E-state index contributed by atoms with van der Waals surface area (Å²) in [5, 5.41) is 9.11. The molecule has 16 heavy (non-hydrogen) atoms. The molecule has 0 fully saturated rings. The lowest BCUT2D eigenvalue weighted by Gasteiger charge is -2.19. The van der Waals surface area contributed by atoms with Crippen LogP contribution in [-0.2, 0) is 19.6 Å². The van der Waals surface area contributed by atoms with Gasteiger partial charge in [0.1, 0.15) is 5.82 Å². The zero-order chi connectivity index (χ0) is 11.1. The van der Waals surface area contributed by atoms with Crippen molar-refractivity contribution in [3.63, 3.8) is 0 Å². The number of nitrogens with zero attached hydrogens (tertiary/aromatic N) is 2. The summed E-state index contributed by atoms with van der Waals surface area (Å²) in [5.41, 5.74) is 3.17. The molecule has 3 rings (SSSR count). The molecule has 84 valence electrons. The minimum absolute atomic E-state index is 0.0918. The lowest BCUT2D eigenvalue weighted by molar-refractivity contribution is 0.282. The zero-order valence-corrected chi connectivity index (χ0v) is 9.48. The lowest BCUT2D eigenvalue weighted by atomic mass is 10.0. The van der Waals surface area contributed by atoms with E-state index in [0.717, 1.165) is 30.0 Å². The summed E-state index contributed by atoms with van der Waals surface area (Å²) in [6.45, 7) is 3.45. The van der Waals surface area contributed by atoms with Crippen LogP contribution in [0.5, 0.6) is 0 Å². The molecule has 1 N–H and O–H groups in total. The van der Waals surface area contributed by atoms with Crippen molar-refractivity contribution in [1.29, 1.82) is 0 Å². The van der Waals surface area contributed by atoms with E-state index in [0.29, 0.717) is 0 Å². The fourth-order valence-electron chi connectivity index (χ4n) is 2.49. The van der Waals surface area contributed by atoms with Crippen molar-refractivity contribution in [2.75, 3.05) is 0 Å². The van der Waals surface area contributed by atoms with Gasteiger partial charge < -0.3 is 9.67 Å². The molecule has 0 spiro atoms. The smallest absolute Gasteiger partial charge is 0.110 e. The summed E-state index contributed by atoms with van der Waals surface area (Å²) in [5.74, 6) is 1.94. The van der Waals surface area contributed by atoms with Crippen LogP contribution in [0.3, 0.4) is 0 Å². The molecule has 3 heteroatoms. The highest BCUT2D eigenvalue weighted by Crippen LogP contribution is 2.25. The molecule has 0 amide bonds. The highest BCUT2D eigenvalue weighted by molar-refractivity contribution is 5.77. The van der Waals surface area contributed by atoms with E-state index in [-0.39, 0.29) is 6.61 Å². The molecule has 0 radical (unpaired) electrons. The van der Waals surface area contributed by atoms with Crippen molar-refractivity contribution in [1.82, 2.24) is 9.55 Å². The van der Waals surface area contributed by atoms with E-state index >= 15 is 0 Å². The molecule has 3 nitrogen and oxygen atoms in total. The van der Waals surface area contributed by atoms with Crippen LogP contribution in [0.15, 0.2) is 18.2 Å². The van der Waals surface area contributed by atoms with Gasteiger partial charge in [0.05, 0.1) is 17.6 Å². The van der Waals surface area contributed by atoms with Crippen molar-refractivity contribution in [2.45, 2.75) is 32.9 Å². The highest BCUT2D eigenvalue weighted by Gasteiger charge is 2.18. The molecule has 0 aliphatic carbocycles. The molecule has 1 aliphatic heterocycles. The van der Waals surface area contributed by atoms with Crippen LogP contribution in [0.2, 0.25) is 0 Å². The van der Waals surface area contributed by atoms with E-state index in [1.54, 1.807) is 0 Å². The van der Waals surface area contributed by atoms with E-state index in [9.17, 15) is 0 Å². The molecule has 1 aliphatic rings. The van der Waals surface area contributed by atoms with Crippen LogP contribution in [-0.4, -0.2) is 14.7 Å². The molecular weight excluding hydrogens is 200 g/mol. The molecular formula is C13H16N2O. The highest BCUT2D eigenvalue weighted by atomic mass is 16.3. The molecule has 1 aromatic heterocycles. The molecule has 0 saturated carbocycles. The first-order valence-corrected chi connectivity index (χ1v) is 5.87. The Bertz CT molecular complexity index is 530. The van der Waals surface area contributed by atoms with Gasteiger partial charge in [0.15, 0.2) is 0 Å². The first-order valence-electron chi connectivity index (χ1n) is 5.87. The second kappa shape index (κ2) is 3.59. The number of rotatable bonds is 1. The SMILES string of the molecule is CC1CCn2c(nc3cc(CO)ccc32)C1. The van der Waals surface area contributed by atoms with Crippen molar-refractivity contribution in [3.8, 4) is 0 Å². The number of aliphatic hydroxyl groups is 1. The van der Waals surface area contributed by atoms with Gasteiger partial charge in [-0.3, -0.25) is 0 Å². The molecule has 0 bridgehead atoms. The van der Waals surface area contributed by atoms with Gasteiger partial charge in [-0.25, -0.2) is 4.98 Å². The summed E-state index contributed by atoms with van der Waals surface area (Å²) < 4.78 is 2.32. The number of hydrogen-bond acceptors (Lipinski definition) is 2. The Balaban J connectivity index is 2.16. The normalized spacial score (nSPS) is 20.0. The first-order chi connectivity index (χ1) is 7.78. The van der Waals surface area contributed by atoms with Crippen LogP contribution in [0, 0.1) is 5.92 Å². The van der Waals surface area contributed by atoms with Crippen LogP contribution in [0.25, 0.3) is 11.0 Å². The minimum Gasteiger partial charge on any atom is -0.392 e. The molecule has 2 aromatic rings. The van der Waals surface area contributed by atoms with Crippen molar-refractivity contribution < 1.29 is 5.11 Å². The largest absolute Gasteiger partial charge is 0.392 e. The van der Waals surface area contributed by atoms with Gasteiger partial charge in [0.2, 0.25) is 0 Å². The summed E-state index contributed by atoms with van der Waals surface area (Å²) >= 11 is 0. The van der Waals surface area contributed by atoms with E-state index in [1.165, 1.54) is 17.8 Å². The molecule has 1 atom stereocenters. The van der Waals surface area contributed by atoms with Gasteiger partial charge in [-0.15, -0.1) is 0 Å². The van der Waals surface area contributed by atoms with Crippen molar-refractivity contribution in [2.24, 2.45) is 5.92 Å². The quantitative estimate of drug-likeness (QED) is 0.792. The third-order valence-corrected chi connectivity index (χ3v) is 3.45. The van der Waals surface area contributed by atoms with Gasteiger partial charge in [0, 0.05) is 13.0 Å². The Morgan fingerprint density at radius 1 is 1.50 bits per heavy atom. The van der Waals surface area contributed by atoms with E-state index in [4.69, 9.17) is 5.11 Å². The maximum atomic E-state index is 9.11. The summed E-state index contributed by atoms with van der Waals surface area (Å²) in [6.07, 6.45) is 2.31. The van der Waals surface area contributed by atoms with E-state index in [2.05, 4.69) is 22.5 Å². The third-order valence-electron chi connectivity index (χ3n) is 3.45. The second-order valence-corrected chi connectivity index (χ2v) is 4.76. The van der Waals surface area contributed by atoms with Crippen LogP contribution in [0.1, 0.15) is 24.7 Å². The molecule has 1 aromatic carbocycles. The Morgan fingerprint density at radius 2 is 2.38 bits per heavy atom. The first kappa shape index (κ1) is 9.85. The second-order valence-electron chi connectivity index (χ2n) is 4.76. The van der Waals surface area contributed by atoms with Gasteiger partial charge in [-0.1, -0.05) is 13.0 Å². The van der Waals surface area contributed by atoms with Crippen molar-refractivity contribution in [3.05, 3.63) is 29.6 Å². The lowest BCUT2D eigenvalue weighted by Crippen LogP contribution is -2.17. The van der Waals surface area contributed by atoms with Crippen LogP contribution >= 0.6 is 0 Å².